The maximum absolute atomic E-state index is 13.9. The second-order valence-corrected chi connectivity index (χ2v) is 11.0. The van der Waals surface area contributed by atoms with Gasteiger partial charge in [0.05, 0.1) is 12.8 Å². The number of pyridine rings is 1. The van der Waals surface area contributed by atoms with Crippen molar-refractivity contribution in [2.24, 2.45) is 0 Å². The second-order valence-electron chi connectivity index (χ2n) is 10.6. The van der Waals surface area contributed by atoms with Gasteiger partial charge in [-0.3, -0.25) is 9.69 Å². The normalized spacial score (nSPS) is 12.3. The number of fused-ring (bicyclic) bond motifs is 1. The third kappa shape index (κ3) is 5.91. The lowest BCUT2D eigenvalue weighted by molar-refractivity contribution is 0.179. The summed E-state index contributed by atoms with van der Waals surface area (Å²) in [7, 11) is 0. The molecule has 0 amide bonds. The Hall–Kier alpha value is -4.53. The minimum atomic E-state index is -0.606. The molecule has 1 unspecified atom stereocenters. The molecule has 0 aliphatic heterocycles. The Morgan fingerprint density at radius 3 is 2.57 bits per heavy atom. The molecule has 212 valence electrons. The average Bonchev–Trinajstić information content (AvgIpc) is 3.67. The van der Waals surface area contributed by atoms with E-state index in [2.05, 4.69) is 50.5 Å². The summed E-state index contributed by atoms with van der Waals surface area (Å²) in [6.07, 6.45) is 2.39. The maximum Gasteiger partial charge on any atom is 0.253 e. The van der Waals surface area contributed by atoms with Crippen molar-refractivity contribution in [1.82, 2.24) is 30.1 Å². The molecule has 0 saturated heterocycles. The molecular formula is C33H31ClN6O2. The van der Waals surface area contributed by atoms with E-state index in [1.165, 1.54) is 5.56 Å². The van der Waals surface area contributed by atoms with E-state index in [-0.39, 0.29) is 5.56 Å². The van der Waals surface area contributed by atoms with Gasteiger partial charge in [0.25, 0.3) is 5.56 Å². The van der Waals surface area contributed by atoms with E-state index in [9.17, 15) is 4.79 Å². The van der Waals surface area contributed by atoms with Crippen molar-refractivity contribution in [3.8, 4) is 0 Å². The Bertz CT molecular complexity index is 1860. The van der Waals surface area contributed by atoms with Gasteiger partial charge in [-0.05, 0) is 83.3 Å². The number of nitrogens with zero attached hydrogens (tertiary/aromatic N) is 5. The van der Waals surface area contributed by atoms with E-state index in [1.54, 1.807) is 10.9 Å². The van der Waals surface area contributed by atoms with Crippen LogP contribution in [-0.4, -0.2) is 30.1 Å². The summed E-state index contributed by atoms with van der Waals surface area (Å²) < 4.78 is 7.58. The summed E-state index contributed by atoms with van der Waals surface area (Å²) in [5.74, 6) is 1.32. The summed E-state index contributed by atoms with van der Waals surface area (Å²) in [5.41, 5.74) is 5.41. The molecule has 42 heavy (non-hydrogen) atoms. The van der Waals surface area contributed by atoms with Crippen molar-refractivity contribution < 1.29 is 4.42 Å². The van der Waals surface area contributed by atoms with Crippen LogP contribution in [0.1, 0.15) is 45.4 Å². The highest BCUT2D eigenvalue weighted by Crippen LogP contribution is 2.32. The smallest absolute Gasteiger partial charge is 0.253 e. The number of nitrogens with one attached hydrogen (secondary N) is 1. The Kier molecular flexibility index (Phi) is 7.99. The molecule has 3 aromatic carbocycles. The van der Waals surface area contributed by atoms with E-state index in [0.717, 1.165) is 39.8 Å². The molecule has 0 aliphatic carbocycles. The van der Waals surface area contributed by atoms with Gasteiger partial charge in [0.15, 0.2) is 5.82 Å². The number of H-pyrrole nitrogens is 1. The van der Waals surface area contributed by atoms with Crippen LogP contribution in [0.3, 0.4) is 0 Å². The highest BCUT2D eigenvalue weighted by Gasteiger charge is 2.32. The number of benzene rings is 3. The number of hydrogen-bond acceptors (Lipinski definition) is 6. The Labute approximate surface area is 248 Å². The first-order valence-corrected chi connectivity index (χ1v) is 14.3. The van der Waals surface area contributed by atoms with Gasteiger partial charge in [0.2, 0.25) is 0 Å². The maximum atomic E-state index is 13.9. The second kappa shape index (κ2) is 12.1. The third-order valence-corrected chi connectivity index (χ3v) is 7.90. The van der Waals surface area contributed by atoms with Gasteiger partial charge < -0.3 is 9.40 Å². The number of aromatic amines is 1. The summed E-state index contributed by atoms with van der Waals surface area (Å²) in [5, 5.41) is 14.6. The minimum absolute atomic E-state index is 0.196. The van der Waals surface area contributed by atoms with Gasteiger partial charge in [-0.2, -0.15) is 0 Å². The van der Waals surface area contributed by atoms with Crippen molar-refractivity contribution in [1.29, 1.82) is 0 Å². The molecule has 9 heteroatoms. The number of aromatic nitrogens is 5. The van der Waals surface area contributed by atoms with Crippen molar-refractivity contribution in [2.45, 2.75) is 45.9 Å². The predicted molar refractivity (Wildman–Crippen MR) is 163 cm³/mol. The fourth-order valence-corrected chi connectivity index (χ4v) is 5.72. The van der Waals surface area contributed by atoms with Gasteiger partial charge in [-0.25, -0.2) is 4.68 Å². The van der Waals surface area contributed by atoms with Crippen LogP contribution in [0.5, 0.6) is 0 Å². The Balaban J connectivity index is 1.51. The summed E-state index contributed by atoms with van der Waals surface area (Å²) in [6.45, 7) is 5.46. The molecule has 8 nitrogen and oxygen atoms in total. The number of aryl methyl sites for hydroxylation is 4. The van der Waals surface area contributed by atoms with Crippen LogP contribution in [-0.2, 0) is 26.1 Å². The number of tetrazole rings is 1. The lowest BCUT2D eigenvalue weighted by atomic mass is 9.99. The lowest BCUT2D eigenvalue weighted by Gasteiger charge is -2.30. The molecule has 0 radical (unpaired) electrons. The number of halogens is 1. The van der Waals surface area contributed by atoms with Crippen LogP contribution < -0.4 is 5.56 Å². The van der Waals surface area contributed by atoms with E-state index < -0.39 is 6.04 Å². The summed E-state index contributed by atoms with van der Waals surface area (Å²) in [4.78, 5) is 19.2. The molecule has 6 rings (SSSR count). The van der Waals surface area contributed by atoms with Gasteiger partial charge in [0.1, 0.15) is 11.8 Å². The number of rotatable bonds is 10. The van der Waals surface area contributed by atoms with Crippen LogP contribution in [0, 0.1) is 13.8 Å². The Morgan fingerprint density at radius 1 is 0.976 bits per heavy atom. The molecule has 6 aromatic rings. The fourth-order valence-electron chi connectivity index (χ4n) is 5.52. The van der Waals surface area contributed by atoms with Crippen molar-refractivity contribution in [3.05, 3.63) is 146 Å². The predicted octanol–water partition coefficient (Wildman–Crippen LogP) is 6.41. The molecule has 3 heterocycles. The number of hydrogen-bond donors (Lipinski definition) is 1. The molecule has 0 bridgehead atoms. The van der Waals surface area contributed by atoms with Gasteiger partial charge in [-0.1, -0.05) is 66.2 Å². The third-order valence-electron chi connectivity index (χ3n) is 7.53. The molecule has 0 saturated carbocycles. The highest BCUT2D eigenvalue weighted by molar-refractivity contribution is 6.31. The molecule has 0 aliphatic rings. The zero-order valence-electron chi connectivity index (χ0n) is 23.5. The minimum Gasteiger partial charge on any atom is -0.468 e. The first-order chi connectivity index (χ1) is 20.5. The molecule has 1 N–H and O–H groups in total. The zero-order valence-corrected chi connectivity index (χ0v) is 24.3. The fraction of sp³-hybridized carbons (Fsp3) is 0.212. The molecular weight excluding hydrogens is 548 g/mol. The molecule has 0 fully saturated rings. The molecule has 1 atom stereocenters. The molecule has 3 aromatic heterocycles. The average molecular weight is 579 g/mol. The first kappa shape index (κ1) is 27.6. The number of furan rings is 1. The van der Waals surface area contributed by atoms with Gasteiger partial charge in [0, 0.05) is 34.6 Å². The molecule has 0 spiro atoms. The van der Waals surface area contributed by atoms with Crippen LogP contribution in [0.15, 0.2) is 100 Å². The van der Waals surface area contributed by atoms with Crippen LogP contribution in [0.25, 0.3) is 10.9 Å². The van der Waals surface area contributed by atoms with E-state index in [4.69, 9.17) is 16.0 Å². The largest absolute Gasteiger partial charge is 0.468 e. The van der Waals surface area contributed by atoms with Crippen LogP contribution in [0.4, 0.5) is 0 Å². The lowest BCUT2D eigenvalue weighted by Crippen LogP contribution is -2.35. The SMILES string of the molecule is Cc1cc(C)c2cc(C(c3nnnn3CCc3ccccc3)N(Cc3ccco3)Cc3ccccc3Cl)c(=O)[nH]c2c1. The summed E-state index contributed by atoms with van der Waals surface area (Å²) in [6, 6.07) is 27.2. The van der Waals surface area contributed by atoms with Crippen molar-refractivity contribution in [3.63, 3.8) is 0 Å². The van der Waals surface area contributed by atoms with Crippen molar-refractivity contribution in [2.75, 3.05) is 0 Å². The van der Waals surface area contributed by atoms with Crippen molar-refractivity contribution >= 4 is 22.5 Å². The van der Waals surface area contributed by atoms with Crippen LogP contribution >= 0.6 is 11.6 Å². The summed E-state index contributed by atoms with van der Waals surface area (Å²) >= 11 is 6.66. The van der Waals surface area contributed by atoms with Gasteiger partial charge in [-0.15, -0.1) is 5.10 Å². The van der Waals surface area contributed by atoms with E-state index in [1.807, 2.05) is 73.7 Å². The topological polar surface area (TPSA) is 92.8 Å². The standard InChI is InChI=1S/C33H31ClN6O2/c1-22-17-23(2)27-19-28(33(41)35-30(27)18-22)31(32-36-37-38-40(32)15-14-24-9-4-3-5-10-24)39(21-26-12-8-16-42-26)20-25-11-6-7-13-29(25)34/h3-13,16-19,31H,14-15,20-21H2,1-2H3,(H,35,41). The quantitative estimate of drug-likeness (QED) is 0.202. The monoisotopic (exact) mass is 578 g/mol. The highest BCUT2D eigenvalue weighted by atomic mass is 35.5. The van der Waals surface area contributed by atoms with E-state index >= 15 is 0 Å². The first-order valence-electron chi connectivity index (χ1n) is 13.9. The Morgan fingerprint density at radius 2 is 1.79 bits per heavy atom. The van der Waals surface area contributed by atoms with E-state index in [0.29, 0.717) is 36.0 Å². The van der Waals surface area contributed by atoms with Gasteiger partial charge >= 0.3 is 0 Å². The van der Waals surface area contributed by atoms with Crippen LogP contribution in [0.2, 0.25) is 5.02 Å². The zero-order chi connectivity index (χ0) is 29.1.